The summed E-state index contributed by atoms with van der Waals surface area (Å²) in [5.41, 5.74) is 0. The molecule has 1 fully saturated rings. The summed E-state index contributed by atoms with van der Waals surface area (Å²) in [5.74, 6) is 0.483. The molecule has 0 aromatic heterocycles. The molecule has 1 aliphatic heterocycles. The van der Waals surface area contributed by atoms with E-state index in [1.165, 1.54) is 0 Å². The summed E-state index contributed by atoms with van der Waals surface area (Å²) in [7, 11) is 3.95. The van der Waals surface area contributed by atoms with E-state index in [2.05, 4.69) is 10.2 Å². The predicted octanol–water partition coefficient (Wildman–Crippen LogP) is 0.133. The lowest BCUT2D eigenvalue weighted by Crippen LogP contribution is -2.32. The number of hydrogen-bond acceptors (Lipinski definition) is 4. The first kappa shape index (κ1) is 12.6. The highest BCUT2D eigenvalue weighted by Gasteiger charge is 2.23. The van der Waals surface area contributed by atoms with E-state index in [1.54, 1.807) is 0 Å². The van der Waals surface area contributed by atoms with Crippen LogP contribution in [0.3, 0.4) is 0 Å². The highest BCUT2D eigenvalue weighted by Crippen LogP contribution is 2.13. The van der Waals surface area contributed by atoms with Crippen LogP contribution in [-0.4, -0.2) is 57.6 Å². The molecule has 1 heterocycles. The molecule has 1 unspecified atom stereocenters. The van der Waals surface area contributed by atoms with Gasteiger partial charge in [0.05, 0.1) is 13.2 Å². The molecule has 0 saturated carbocycles. The number of nitrogens with one attached hydrogen (secondary N) is 1. The van der Waals surface area contributed by atoms with E-state index in [0.717, 1.165) is 32.5 Å². The fraction of sp³-hybridized carbons (Fsp3) is 0.909. The van der Waals surface area contributed by atoms with Crippen LogP contribution in [0.2, 0.25) is 0 Å². The van der Waals surface area contributed by atoms with Crippen molar-refractivity contribution in [3.05, 3.63) is 0 Å². The average molecular weight is 214 g/mol. The molecule has 0 radical (unpaired) electrons. The summed E-state index contributed by atoms with van der Waals surface area (Å²) < 4.78 is 5.21. The lowest BCUT2D eigenvalue weighted by molar-refractivity contribution is -0.123. The van der Waals surface area contributed by atoms with Gasteiger partial charge in [-0.2, -0.15) is 0 Å². The highest BCUT2D eigenvalue weighted by molar-refractivity contribution is 5.83. The Morgan fingerprint density at radius 3 is 3.00 bits per heavy atom. The van der Waals surface area contributed by atoms with Crippen LogP contribution in [0.25, 0.3) is 0 Å². The zero-order valence-corrected chi connectivity index (χ0v) is 9.79. The van der Waals surface area contributed by atoms with Crippen molar-refractivity contribution in [2.24, 2.45) is 5.92 Å². The monoisotopic (exact) mass is 214 g/mol. The first-order valence-corrected chi connectivity index (χ1v) is 5.67. The van der Waals surface area contributed by atoms with Crippen molar-refractivity contribution in [1.82, 2.24) is 10.2 Å². The number of nitrogens with zero attached hydrogens (tertiary/aromatic N) is 1. The van der Waals surface area contributed by atoms with Crippen molar-refractivity contribution in [3.8, 4) is 0 Å². The minimum atomic E-state index is 0.150. The highest BCUT2D eigenvalue weighted by atomic mass is 16.5. The van der Waals surface area contributed by atoms with Crippen molar-refractivity contribution in [3.63, 3.8) is 0 Å². The van der Waals surface area contributed by atoms with Gasteiger partial charge in [0.1, 0.15) is 0 Å². The molecule has 0 spiro atoms. The summed E-state index contributed by atoms with van der Waals surface area (Å²) in [6.45, 7) is 3.92. The number of ketones is 1. The van der Waals surface area contributed by atoms with Gasteiger partial charge >= 0.3 is 0 Å². The number of likely N-dealkylation sites (N-methyl/N-ethyl adjacent to an activating group) is 1. The number of rotatable bonds is 7. The third-order valence-corrected chi connectivity index (χ3v) is 2.78. The van der Waals surface area contributed by atoms with Crippen LogP contribution < -0.4 is 5.32 Å². The van der Waals surface area contributed by atoms with E-state index in [1.807, 2.05) is 14.1 Å². The quantitative estimate of drug-likeness (QED) is 0.612. The lowest BCUT2D eigenvalue weighted by Gasteiger charge is -2.17. The Morgan fingerprint density at radius 2 is 2.40 bits per heavy atom. The summed E-state index contributed by atoms with van der Waals surface area (Å²) in [6.07, 6.45) is 1.99. The number of carbonyl (C=O) groups is 1. The molecule has 0 bridgehead atoms. The average Bonchev–Trinajstić information content (AvgIpc) is 2.70. The smallest absolute Gasteiger partial charge is 0.152 e. The van der Waals surface area contributed by atoms with Gasteiger partial charge in [0.2, 0.25) is 0 Å². The van der Waals surface area contributed by atoms with Gasteiger partial charge in [0, 0.05) is 12.5 Å². The Morgan fingerprint density at radius 1 is 1.60 bits per heavy atom. The molecule has 1 atom stereocenters. The molecule has 4 heteroatoms. The van der Waals surface area contributed by atoms with Crippen molar-refractivity contribution < 1.29 is 9.53 Å². The summed E-state index contributed by atoms with van der Waals surface area (Å²) in [5, 5.41) is 3.10. The van der Waals surface area contributed by atoms with Gasteiger partial charge in [-0.15, -0.1) is 0 Å². The molecule has 0 amide bonds. The zero-order chi connectivity index (χ0) is 11.1. The first-order valence-electron chi connectivity index (χ1n) is 5.67. The number of ether oxygens (including phenoxy) is 1. The van der Waals surface area contributed by atoms with Crippen LogP contribution in [-0.2, 0) is 9.53 Å². The third kappa shape index (κ3) is 4.73. The predicted molar refractivity (Wildman–Crippen MR) is 60.0 cm³/mol. The number of hydrogen-bond donors (Lipinski definition) is 1. The molecule has 4 nitrogen and oxygen atoms in total. The summed E-state index contributed by atoms with van der Waals surface area (Å²) >= 11 is 0. The molecule has 1 aliphatic rings. The maximum absolute atomic E-state index is 11.8. The fourth-order valence-electron chi connectivity index (χ4n) is 1.79. The molecule has 1 saturated heterocycles. The fourth-order valence-corrected chi connectivity index (χ4v) is 1.79. The maximum atomic E-state index is 11.8. The van der Waals surface area contributed by atoms with Gasteiger partial charge in [-0.3, -0.25) is 9.69 Å². The van der Waals surface area contributed by atoms with Crippen LogP contribution >= 0.6 is 0 Å². The van der Waals surface area contributed by atoms with Gasteiger partial charge in [0.15, 0.2) is 5.78 Å². The Hall–Kier alpha value is -0.450. The van der Waals surface area contributed by atoms with Gasteiger partial charge in [0.25, 0.3) is 0 Å². The van der Waals surface area contributed by atoms with E-state index in [0.29, 0.717) is 18.9 Å². The Labute approximate surface area is 92.0 Å². The van der Waals surface area contributed by atoms with Crippen LogP contribution in [0.4, 0.5) is 0 Å². The number of Topliss-reactive ketones (excluding diaryl/α,β-unsaturated/α-hetero) is 1. The zero-order valence-electron chi connectivity index (χ0n) is 9.79. The molecule has 88 valence electrons. The standard InChI is InChI=1S/C11H22N2O2/c1-12-5-3-6-13(2)8-11(14)10-4-7-15-9-10/h10,12H,3-9H2,1-2H3. The van der Waals surface area contributed by atoms with Crippen LogP contribution in [0.5, 0.6) is 0 Å². The molecule has 0 aromatic rings. The largest absolute Gasteiger partial charge is 0.381 e. The van der Waals surface area contributed by atoms with Gasteiger partial charge in [-0.25, -0.2) is 0 Å². The molecular formula is C11H22N2O2. The molecular weight excluding hydrogens is 192 g/mol. The van der Waals surface area contributed by atoms with Crippen molar-refractivity contribution >= 4 is 5.78 Å². The molecule has 1 rings (SSSR count). The molecule has 0 aliphatic carbocycles. The summed E-state index contributed by atoms with van der Waals surface area (Å²) in [6, 6.07) is 0. The first-order chi connectivity index (χ1) is 7.24. The van der Waals surface area contributed by atoms with Crippen LogP contribution in [0, 0.1) is 5.92 Å². The van der Waals surface area contributed by atoms with E-state index < -0.39 is 0 Å². The van der Waals surface area contributed by atoms with E-state index in [-0.39, 0.29) is 5.92 Å². The second-order valence-corrected chi connectivity index (χ2v) is 4.22. The van der Waals surface area contributed by atoms with Crippen LogP contribution in [0.15, 0.2) is 0 Å². The minimum absolute atomic E-state index is 0.150. The summed E-state index contributed by atoms with van der Waals surface area (Å²) in [4.78, 5) is 13.8. The Balaban J connectivity index is 2.13. The lowest BCUT2D eigenvalue weighted by atomic mass is 10.0. The maximum Gasteiger partial charge on any atom is 0.152 e. The van der Waals surface area contributed by atoms with Crippen molar-refractivity contribution in [1.29, 1.82) is 0 Å². The Kier molecular flexibility index (Phi) is 5.83. The van der Waals surface area contributed by atoms with Gasteiger partial charge in [-0.1, -0.05) is 0 Å². The SMILES string of the molecule is CNCCCN(C)CC(=O)C1CCOC1. The van der Waals surface area contributed by atoms with Crippen LogP contribution in [0.1, 0.15) is 12.8 Å². The third-order valence-electron chi connectivity index (χ3n) is 2.78. The van der Waals surface area contributed by atoms with E-state index >= 15 is 0 Å². The second kappa shape index (κ2) is 6.93. The molecule has 15 heavy (non-hydrogen) atoms. The number of carbonyl (C=O) groups excluding carboxylic acids is 1. The van der Waals surface area contributed by atoms with E-state index in [9.17, 15) is 4.79 Å². The Bertz CT molecular complexity index is 191. The van der Waals surface area contributed by atoms with Gasteiger partial charge < -0.3 is 10.1 Å². The second-order valence-electron chi connectivity index (χ2n) is 4.22. The topological polar surface area (TPSA) is 41.6 Å². The molecule has 1 N–H and O–H groups in total. The normalized spacial score (nSPS) is 21.1. The van der Waals surface area contributed by atoms with Crippen molar-refractivity contribution in [2.75, 3.05) is 46.9 Å². The van der Waals surface area contributed by atoms with E-state index in [4.69, 9.17) is 4.74 Å². The van der Waals surface area contributed by atoms with Crippen molar-refractivity contribution in [2.45, 2.75) is 12.8 Å². The van der Waals surface area contributed by atoms with Gasteiger partial charge in [-0.05, 0) is 40.0 Å². The minimum Gasteiger partial charge on any atom is -0.381 e. The molecule has 0 aromatic carbocycles.